The van der Waals surface area contributed by atoms with E-state index in [1.807, 2.05) is 29.2 Å². The number of carbonyl (C=O) groups is 1. The SMILES string of the molecule is O=C(Nc1ccc(N2CCOCC2)c(F)c1)C1(c2ccc(Br)cc2)CCCC1. The summed E-state index contributed by atoms with van der Waals surface area (Å²) in [6.07, 6.45) is 3.67. The fourth-order valence-corrected chi connectivity index (χ4v) is 4.55. The zero-order chi connectivity index (χ0) is 19.6. The number of halogens is 2. The summed E-state index contributed by atoms with van der Waals surface area (Å²) in [4.78, 5) is 15.2. The molecule has 1 saturated heterocycles. The van der Waals surface area contributed by atoms with Crippen LogP contribution in [0.1, 0.15) is 31.2 Å². The minimum absolute atomic E-state index is 0.0501. The number of morpholine rings is 1. The highest BCUT2D eigenvalue weighted by atomic mass is 79.9. The van der Waals surface area contributed by atoms with E-state index in [2.05, 4.69) is 21.2 Å². The molecule has 2 aliphatic rings. The number of carbonyl (C=O) groups excluding carboxylic acids is 1. The van der Waals surface area contributed by atoms with E-state index >= 15 is 0 Å². The summed E-state index contributed by atoms with van der Waals surface area (Å²) in [5, 5.41) is 2.97. The van der Waals surface area contributed by atoms with Gasteiger partial charge in [0.05, 0.1) is 24.3 Å². The number of nitrogens with zero attached hydrogens (tertiary/aromatic N) is 1. The van der Waals surface area contributed by atoms with Gasteiger partial charge in [0, 0.05) is 23.2 Å². The van der Waals surface area contributed by atoms with Gasteiger partial charge in [0.15, 0.2) is 0 Å². The Morgan fingerprint density at radius 1 is 1.07 bits per heavy atom. The van der Waals surface area contributed by atoms with Crippen LogP contribution in [0.2, 0.25) is 0 Å². The van der Waals surface area contributed by atoms with Gasteiger partial charge in [-0.25, -0.2) is 4.39 Å². The Labute approximate surface area is 173 Å². The first-order valence-electron chi connectivity index (χ1n) is 9.78. The largest absolute Gasteiger partial charge is 0.378 e. The topological polar surface area (TPSA) is 41.6 Å². The second-order valence-electron chi connectivity index (χ2n) is 7.52. The second kappa shape index (κ2) is 8.21. The highest BCUT2D eigenvalue weighted by Gasteiger charge is 2.42. The predicted molar refractivity (Wildman–Crippen MR) is 112 cm³/mol. The van der Waals surface area contributed by atoms with Crippen molar-refractivity contribution in [3.63, 3.8) is 0 Å². The van der Waals surface area contributed by atoms with Gasteiger partial charge in [0.1, 0.15) is 5.82 Å². The molecule has 2 fully saturated rings. The zero-order valence-corrected chi connectivity index (χ0v) is 17.3. The van der Waals surface area contributed by atoms with Gasteiger partial charge in [-0.05, 0) is 48.7 Å². The Morgan fingerprint density at radius 2 is 1.75 bits per heavy atom. The molecule has 2 aromatic rings. The van der Waals surface area contributed by atoms with Crippen LogP contribution in [0.5, 0.6) is 0 Å². The lowest BCUT2D eigenvalue weighted by Gasteiger charge is -2.30. The first-order valence-corrected chi connectivity index (χ1v) is 10.6. The normalized spacial score (nSPS) is 18.9. The fraction of sp³-hybridized carbons (Fsp3) is 0.409. The van der Waals surface area contributed by atoms with E-state index in [4.69, 9.17) is 4.74 Å². The number of nitrogens with one attached hydrogen (secondary N) is 1. The van der Waals surface area contributed by atoms with E-state index in [0.29, 0.717) is 37.7 Å². The van der Waals surface area contributed by atoms with Crippen molar-refractivity contribution in [2.45, 2.75) is 31.1 Å². The Hall–Kier alpha value is -1.92. The summed E-state index contributed by atoms with van der Waals surface area (Å²) in [6, 6.07) is 12.9. The lowest BCUT2D eigenvalue weighted by Crippen LogP contribution is -2.38. The zero-order valence-electron chi connectivity index (χ0n) is 15.7. The van der Waals surface area contributed by atoms with Gasteiger partial charge >= 0.3 is 0 Å². The predicted octanol–water partition coefficient (Wildman–Crippen LogP) is 4.88. The molecule has 4 nitrogen and oxygen atoms in total. The number of benzene rings is 2. The molecular weight excluding hydrogens is 423 g/mol. The van der Waals surface area contributed by atoms with Crippen LogP contribution in [0.4, 0.5) is 15.8 Å². The number of anilines is 2. The van der Waals surface area contributed by atoms with E-state index in [0.717, 1.165) is 35.7 Å². The highest BCUT2D eigenvalue weighted by molar-refractivity contribution is 9.10. The maximum absolute atomic E-state index is 14.7. The monoisotopic (exact) mass is 446 g/mol. The molecule has 1 aliphatic carbocycles. The van der Waals surface area contributed by atoms with Gasteiger partial charge in [-0.1, -0.05) is 40.9 Å². The molecule has 0 bridgehead atoms. The van der Waals surface area contributed by atoms with Crippen molar-refractivity contribution in [1.29, 1.82) is 0 Å². The fourth-order valence-electron chi connectivity index (χ4n) is 4.29. The van der Waals surface area contributed by atoms with Gasteiger partial charge in [-0.3, -0.25) is 4.79 Å². The third kappa shape index (κ3) is 3.80. The summed E-state index contributed by atoms with van der Waals surface area (Å²) in [5.74, 6) is -0.366. The third-order valence-corrected chi connectivity index (χ3v) is 6.37. The molecule has 0 unspecified atom stereocenters. The van der Waals surface area contributed by atoms with Crippen molar-refractivity contribution >= 4 is 33.2 Å². The number of rotatable bonds is 4. The molecule has 1 saturated carbocycles. The van der Waals surface area contributed by atoms with Gasteiger partial charge in [0.25, 0.3) is 0 Å². The number of ether oxygens (including phenoxy) is 1. The maximum Gasteiger partial charge on any atom is 0.235 e. The quantitative estimate of drug-likeness (QED) is 0.727. The molecule has 1 amide bonds. The summed E-state index contributed by atoms with van der Waals surface area (Å²) in [6.45, 7) is 2.56. The van der Waals surface area contributed by atoms with Gasteiger partial charge in [0.2, 0.25) is 5.91 Å². The molecule has 0 aromatic heterocycles. The van der Waals surface area contributed by atoms with Crippen LogP contribution in [0.3, 0.4) is 0 Å². The van der Waals surface area contributed by atoms with Crippen LogP contribution >= 0.6 is 15.9 Å². The van der Waals surface area contributed by atoms with Crippen LogP contribution in [-0.2, 0) is 14.9 Å². The van der Waals surface area contributed by atoms with Gasteiger partial charge in [-0.15, -0.1) is 0 Å². The molecular formula is C22H24BrFN2O2. The van der Waals surface area contributed by atoms with Gasteiger partial charge < -0.3 is 15.0 Å². The van der Waals surface area contributed by atoms with E-state index < -0.39 is 5.41 Å². The Balaban J connectivity index is 1.54. The molecule has 148 valence electrons. The first-order chi connectivity index (χ1) is 13.6. The van der Waals surface area contributed by atoms with E-state index in [1.54, 1.807) is 12.1 Å². The van der Waals surface area contributed by atoms with E-state index in [9.17, 15) is 9.18 Å². The third-order valence-electron chi connectivity index (χ3n) is 5.85. The molecule has 0 atom stereocenters. The minimum Gasteiger partial charge on any atom is -0.378 e. The Kier molecular flexibility index (Phi) is 5.69. The van der Waals surface area contributed by atoms with Crippen LogP contribution in [0, 0.1) is 5.82 Å². The Morgan fingerprint density at radius 3 is 2.39 bits per heavy atom. The number of hydrogen-bond donors (Lipinski definition) is 1. The molecule has 0 spiro atoms. The van der Waals surface area contributed by atoms with Crippen molar-refractivity contribution in [3.8, 4) is 0 Å². The van der Waals surface area contributed by atoms with Crippen LogP contribution in [-0.4, -0.2) is 32.2 Å². The maximum atomic E-state index is 14.7. The Bertz CT molecular complexity index is 844. The summed E-state index contributed by atoms with van der Waals surface area (Å²) in [5.41, 5.74) is 1.55. The summed E-state index contributed by atoms with van der Waals surface area (Å²) < 4.78 is 21.0. The first kappa shape index (κ1) is 19.4. The van der Waals surface area contributed by atoms with E-state index in [1.165, 1.54) is 6.07 Å². The molecule has 1 aliphatic heterocycles. The van der Waals surface area contributed by atoms with Crippen molar-refractivity contribution in [3.05, 3.63) is 58.3 Å². The summed E-state index contributed by atoms with van der Waals surface area (Å²) in [7, 11) is 0. The number of hydrogen-bond acceptors (Lipinski definition) is 3. The van der Waals surface area contributed by atoms with Crippen molar-refractivity contribution < 1.29 is 13.9 Å². The second-order valence-corrected chi connectivity index (χ2v) is 8.43. The van der Waals surface area contributed by atoms with Crippen LogP contribution < -0.4 is 10.2 Å². The minimum atomic E-state index is -0.542. The molecule has 6 heteroatoms. The average Bonchev–Trinajstić information content (AvgIpc) is 3.20. The van der Waals surface area contributed by atoms with Gasteiger partial charge in [-0.2, -0.15) is 0 Å². The van der Waals surface area contributed by atoms with Crippen LogP contribution in [0.15, 0.2) is 46.9 Å². The van der Waals surface area contributed by atoms with Crippen molar-refractivity contribution in [2.24, 2.45) is 0 Å². The molecule has 4 rings (SSSR count). The highest BCUT2D eigenvalue weighted by Crippen LogP contribution is 2.42. The average molecular weight is 447 g/mol. The van der Waals surface area contributed by atoms with Crippen molar-refractivity contribution in [2.75, 3.05) is 36.5 Å². The summed E-state index contributed by atoms with van der Waals surface area (Å²) >= 11 is 3.46. The molecule has 2 aromatic carbocycles. The lowest BCUT2D eigenvalue weighted by molar-refractivity contribution is -0.121. The van der Waals surface area contributed by atoms with E-state index in [-0.39, 0.29) is 11.7 Å². The van der Waals surface area contributed by atoms with Crippen LogP contribution in [0.25, 0.3) is 0 Å². The molecule has 0 radical (unpaired) electrons. The smallest absolute Gasteiger partial charge is 0.235 e. The standard InChI is InChI=1S/C22H24BrFN2O2/c23-17-5-3-16(4-6-17)22(9-1-2-10-22)21(27)25-18-7-8-20(19(24)15-18)26-11-13-28-14-12-26/h3-8,15H,1-2,9-14H2,(H,25,27). The van der Waals surface area contributed by atoms with Crippen molar-refractivity contribution in [1.82, 2.24) is 0 Å². The molecule has 1 N–H and O–H groups in total. The number of amides is 1. The molecule has 28 heavy (non-hydrogen) atoms. The molecule has 1 heterocycles. The lowest BCUT2D eigenvalue weighted by atomic mass is 9.78.